The molecular formula is C24H19ClN2O3. The van der Waals surface area contributed by atoms with E-state index in [9.17, 15) is 9.59 Å². The van der Waals surface area contributed by atoms with Crippen LogP contribution >= 0.6 is 11.6 Å². The van der Waals surface area contributed by atoms with Crippen LogP contribution in [0.5, 0.6) is 0 Å². The van der Waals surface area contributed by atoms with Crippen LogP contribution in [0.25, 0.3) is 0 Å². The normalized spacial score (nSPS) is 25.7. The summed E-state index contributed by atoms with van der Waals surface area (Å²) in [5.41, 5.74) is 1.04. The third kappa shape index (κ3) is 2.66. The van der Waals surface area contributed by atoms with Gasteiger partial charge in [0.1, 0.15) is 5.41 Å². The Bertz CT molecular complexity index is 1120. The molecule has 2 amide bonds. The Kier molecular flexibility index (Phi) is 4.38. The highest BCUT2D eigenvalue weighted by atomic mass is 35.5. The number of halogens is 1. The van der Waals surface area contributed by atoms with Gasteiger partial charge in [-0.05, 0) is 42.8 Å². The molecule has 2 saturated heterocycles. The number of imide groups is 1. The highest BCUT2D eigenvalue weighted by molar-refractivity contribution is 6.31. The van der Waals surface area contributed by atoms with E-state index in [0.717, 1.165) is 11.3 Å². The standard InChI is InChI=1S/C24H19ClN2O3/c1-24-20(16-9-4-2-5-10-16)27(18-12-6-3-7-13-18)30-21(24)22(28)26(23(24)29)19-14-8-11-17(25)15-19/h2-15,20-21H,1H3/t20-,21-,24+/m0/s1. The molecule has 0 radical (unpaired) electrons. The fourth-order valence-electron chi connectivity index (χ4n) is 4.42. The van der Waals surface area contributed by atoms with E-state index in [-0.39, 0.29) is 11.8 Å². The van der Waals surface area contributed by atoms with Gasteiger partial charge in [0.2, 0.25) is 5.91 Å². The van der Waals surface area contributed by atoms with Crippen LogP contribution < -0.4 is 9.96 Å². The van der Waals surface area contributed by atoms with Crippen LogP contribution in [0.3, 0.4) is 0 Å². The van der Waals surface area contributed by atoms with Crippen molar-refractivity contribution in [1.29, 1.82) is 0 Å². The molecule has 0 bridgehead atoms. The van der Waals surface area contributed by atoms with Gasteiger partial charge < -0.3 is 0 Å². The Morgan fingerprint density at radius 2 is 1.50 bits per heavy atom. The fourth-order valence-corrected chi connectivity index (χ4v) is 4.61. The monoisotopic (exact) mass is 418 g/mol. The van der Waals surface area contributed by atoms with Crippen LogP contribution in [-0.4, -0.2) is 17.9 Å². The molecule has 0 aliphatic carbocycles. The molecule has 30 heavy (non-hydrogen) atoms. The van der Waals surface area contributed by atoms with Crippen molar-refractivity contribution in [2.75, 3.05) is 9.96 Å². The van der Waals surface area contributed by atoms with Gasteiger partial charge in [0, 0.05) is 5.02 Å². The zero-order chi connectivity index (χ0) is 20.9. The molecule has 2 fully saturated rings. The number of hydrogen-bond acceptors (Lipinski definition) is 4. The lowest BCUT2D eigenvalue weighted by Gasteiger charge is -2.32. The number of fused-ring (bicyclic) bond motifs is 1. The van der Waals surface area contributed by atoms with Gasteiger partial charge in [0.05, 0.1) is 17.4 Å². The van der Waals surface area contributed by atoms with Gasteiger partial charge in [-0.3, -0.25) is 14.4 Å². The van der Waals surface area contributed by atoms with E-state index in [1.165, 1.54) is 4.90 Å². The number of hydrogen-bond donors (Lipinski definition) is 0. The van der Waals surface area contributed by atoms with Crippen LogP contribution in [0, 0.1) is 5.41 Å². The summed E-state index contributed by atoms with van der Waals surface area (Å²) in [6.07, 6.45) is -0.936. The van der Waals surface area contributed by atoms with Crippen molar-refractivity contribution in [3.8, 4) is 0 Å². The van der Waals surface area contributed by atoms with Gasteiger partial charge in [-0.2, -0.15) is 0 Å². The first-order valence-electron chi connectivity index (χ1n) is 9.72. The molecule has 3 aromatic carbocycles. The SMILES string of the molecule is C[C@]12C(=O)N(c3cccc(Cl)c3)C(=O)[C@@H]1ON(c1ccccc1)[C@H]2c1ccccc1. The van der Waals surface area contributed by atoms with Crippen molar-refractivity contribution in [3.63, 3.8) is 0 Å². The molecule has 2 heterocycles. The topological polar surface area (TPSA) is 49.9 Å². The molecule has 5 rings (SSSR count). The third-order valence-corrected chi connectivity index (χ3v) is 6.10. The lowest BCUT2D eigenvalue weighted by Crippen LogP contribution is -2.41. The van der Waals surface area contributed by atoms with Crippen molar-refractivity contribution in [1.82, 2.24) is 0 Å². The zero-order valence-electron chi connectivity index (χ0n) is 16.2. The first-order chi connectivity index (χ1) is 14.5. The minimum atomic E-state index is -1.10. The number of amides is 2. The summed E-state index contributed by atoms with van der Waals surface area (Å²) in [5.74, 6) is -0.684. The molecule has 0 spiro atoms. The Labute approximate surface area is 179 Å². The first kappa shape index (κ1) is 18.9. The summed E-state index contributed by atoms with van der Waals surface area (Å²) in [5, 5.41) is 2.16. The molecule has 3 atom stereocenters. The molecule has 2 aliphatic heterocycles. The van der Waals surface area contributed by atoms with Gasteiger partial charge in [0.15, 0.2) is 6.10 Å². The average Bonchev–Trinajstić information content (AvgIpc) is 3.18. The van der Waals surface area contributed by atoms with Gasteiger partial charge in [-0.1, -0.05) is 66.2 Å². The Morgan fingerprint density at radius 1 is 0.867 bits per heavy atom. The van der Waals surface area contributed by atoms with Crippen LogP contribution in [0.1, 0.15) is 18.5 Å². The number of nitrogens with zero attached hydrogens (tertiary/aromatic N) is 2. The summed E-state index contributed by atoms with van der Waals surface area (Å²) >= 11 is 6.11. The zero-order valence-corrected chi connectivity index (χ0v) is 17.0. The molecule has 5 nitrogen and oxygen atoms in total. The van der Waals surface area contributed by atoms with Gasteiger partial charge >= 0.3 is 0 Å². The van der Waals surface area contributed by atoms with Gasteiger partial charge in [-0.15, -0.1) is 0 Å². The number of benzene rings is 3. The maximum absolute atomic E-state index is 13.7. The van der Waals surface area contributed by atoms with Crippen molar-refractivity contribution in [2.45, 2.75) is 19.1 Å². The molecule has 3 aromatic rings. The molecular weight excluding hydrogens is 400 g/mol. The predicted octanol–water partition coefficient (Wildman–Crippen LogP) is 4.78. The smallest absolute Gasteiger partial charge is 0.266 e. The second kappa shape index (κ2) is 6.97. The van der Waals surface area contributed by atoms with Crippen LogP contribution in [0.4, 0.5) is 11.4 Å². The van der Waals surface area contributed by atoms with E-state index in [2.05, 4.69) is 0 Å². The first-order valence-corrected chi connectivity index (χ1v) is 10.1. The molecule has 0 N–H and O–H groups in total. The molecule has 2 aliphatic rings. The maximum Gasteiger partial charge on any atom is 0.266 e. The predicted molar refractivity (Wildman–Crippen MR) is 115 cm³/mol. The van der Waals surface area contributed by atoms with Crippen molar-refractivity contribution in [3.05, 3.63) is 95.5 Å². The number of carbonyl (C=O) groups is 2. The van der Waals surface area contributed by atoms with Crippen molar-refractivity contribution in [2.24, 2.45) is 5.41 Å². The summed E-state index contributed by atoms with van der Waals surface area (Å²) < 4.78 is 0. The molecule has 6 heteroatoms. The van der Waals surface area contributed by atoms with Gasteiger partial charge in [0.25, 0.3) is 5.91 Å². The number of anilines is 2. The summed E-state index contributed by atoms with van der Waals surface area (Å²) in [7, 11) is 0. The number of carbonyl (C=O) groups excluding carboxylic acids is 2. The number of rotatable bonds is 3. The average molecular weight is 419 g/mol. The van der Waals surface area contributed by atoms with E-state index >= 15 is 0 Å². The lowest BCUT2D eigenvalue weighted by atomic mass is 9.76. The molecule has 0 saturated carbocycles. The summed E-state index contributed by atoms with van der Waals surface area (Å²) in [6.45, 7) is 1.81. The van der Waals surface area contributed by atoms with E-state index < -0.39 is 17.6 Å². The molecule has 0 unspecified atom stereocenters. The maximum atomic E-state index is 13.7. The lowest BCUT2D eigenvalue weighted by molar-refractivity contribution is -0.128. The van der Waals surface area contributed by atoms with Gasteiger partial charge in [-0.25, -0.2) is 9.96 Å². The van der Waals surface area contributed by atoms with Crippen LogP contribution in [0.15, 0.2) is 84.9 Å². The number of para-hydroxylation sites is 1. The summed E-state index contributed by atoms with van der Waals surface area (Å²) in [4.78, 5) is 34.5. The number of hydroxylamine groups is 1. The van der Waals surface area contributed by atoms with Crippen molar-refractivity contribution < 1.29 is 14.4 Å². The Balaban J connectivity index is 1.64. The third-order valence-electron chi connectivity index (χ3n) is 5.87. The summed E-state index contributed by atoms with van der Waals surface area (Å²) in [6, 6.07) is 25.5. The Morgan fingerprint density at radius 3 is 2.17 bits per heavy atom. The fraction of sp³-hybridized carbons (Fsp3) is 0.167. The Hall–Kier alpha value is -3.15. The highest BCUT2D eigenvalue weighted by Gasteiger charge is 2.68. The van der Waals surface area contributed by atoms with Crippen LogP contribution in [-0.2, 0) is 14.4 Å². The largest absolute Gasteiger partial charge is 0.273 e. The minimum Gasteiger partial charge on any atom is -0.273 e. The quantitative estimate of drug-likeness (QED) is 0.574. The van der Waals surface area contributed by atoms with E-state index in [1.54, 1.807) is 29.3 Å². The second-order valence-corrected chi connectivity index (χ2v) is 8.14. The van der Waals surface area contributed by atoms with Crippen molar-refractivity contribution >= 4 is 34.8 Å². The molecule has 0 aromatic heterocycles. The van der Waals surface area contributed by atoms with E-state index in [1.807, 2.05) is 67.6 Å². The molecule has 150 valence electrons. The minimum absolute atomic E-state index is 0.299. The second-order valence-electron chi connectivity index (χ2n) is 7.70. The highest BCUT2D eigenvalue weighted by Crippen LogP contribution is 2.55. The van der Waals surface area contributed by atoms with E-state index in [0.29, 0.717) is 10.7 Å². The van der Waals surface area contributed by atoms with E-state index in [4.69, 9.17) is 16.4 Å². The van der Waals surface area contributed by atoms with Crippen LogP contribution in [0.2, 0.25) is 5.02 Å².